The summed E-state index contributed by atoms with van der Waals surface area (Å²) in [7, 11) is 0. The molecule has 0 aromatic heterocycles. The van der Waals surface area contributed by atoms with Crippen LogP contribution in [0.3, 0.4) is 0 Å². The lowest BCUT2D eigenvalue weighted by Gasteiger charge is -2.24. The van der Waals surface area contributed by atoms with Crippen LogP contribution in [0.1, 0.15) is 45.4 Å². The predicted octanol–water partition coefficient (Wildman–Crippen LogP) is 3.61. The molecule has 0 bridgehead atoms. The molecule has 0 aromatic carbocycles. The molecule has 2 atom stereocenters. The Bertz CT molecular complexity index is 262. The average Bonchev–Trinajstić information content (AvgIpc) is 2.58. The number of halogens is 3. The Balaban J connectivity index is 2.65. The highest BCUT2D eigenvalue weighted by molar-refractivity contribution is 5.75. The van der Waals surface area contributed by atoms with Gasteiger partial charge in [0.25, 0.3) is 0 Å². The molecule has 16 heavy (non-hydrogen) atoms. The Hall–Kier alpha value is -0.740. The molecule has 2 nitrogen and oxygen atoms in total. The van der Waals surface area contributed by atoms with E-state index >= 15 is 0 Å². The summed E-state index contributed by atoms with van der Waals surface area (Å²) in [6, 6.07) is 0. The standard InChI is InChI=1S/C11H17F3O2/c1-2-8-3-4-10(7-8,9(15)16)5-6-11(12,13)14/h8H,2-7H2,1H3,(H,15,16). The molecule has 0 radical (unpaired) electrons. The van der Waals surface area contributed by atoms with Crippen molar-refractivity contribution in [1.82, 2.24) is 0 Å². The number of aliphatic carboxylic acids is 1. The van der Waals surface area contributed by atoms with Gasteiger partial charge in [-0.15, -0.1) is 0 Å². The molecule has 0 aromatic rings. The summed E-state index contributed by atoms with van der Waals surface area (Å²) in [5, 5.41) is 9.11. The van der Waals surface area contributed by atoms with E-state index in [0.717, 1.165) is 12.8 Å². The molecule has 1 N–H and O–H groups in total. The number of carboxylic acids is 1. The Labute approximate surface area is 92.8 Å². The summed E-state index contributed by atoms with van der Waals surface area (Å²) in [5.41, 5.74) is -1.13. The second-order valence-electron chi connectivity index (χ2n) is 4.72. The first-order chi connectivity index (χ1) is 7.29. The molecular formula is C11H17F3O2. The maximum Gasteiger partial charge on any atom is 0.389 e. The first kappa shape index (κ1) is 13.3. The third-order valence-corrected chi connectivity index (χ3v) is 3.63. The van der Waals surface area contributed by atoms with Crippen LogP contribution in [0.4, 0.5) is 13.2 Å². The highest BCUT2D eigenvalue weighted by Crippen LogP contribution is 2.47. The average molecular weight is 238 g/mol. The minimum Gasteiger partial charge on any atom is -0.481 e. The van der Waals surface area contributed by atoms with E-state index in [1.165, 1.54) is 0 Å². The predicted molar refractivity (Wildman–Crippen MR) is 53.0 cm³/mol. The summed E-state index contributed by atoms with van der Waals surface area (Å²) in [5.74, 6) is -0.794. The van der Waals surface area contributed by atoms with Gasteiger partial charge < -0.3 is 5.11 Å². The van der Waals surface area contributed by atoms with Crippen molar-refractivity contribution in [3.63, 3.8) is 0 Å². The second kappa shape index (κ2) is 4.63. The molecular weight excluding hydrogens is 221 g/mol. The van der Waals surface area contributed by atoms with Crippen LogP contribution < -0.4 is 0 Å². The van der Waals surface area contributed by atoms with Gasteiger partial charge in [0.05, 0.1) is 5.41 Å². The lowest BCUT2D eigenvalue weighted by atomic mass is 9.80. The topological polar surface area (TPSA) is 37.3 Å². The Morgan fingerprint density at radius 1 is 1.50 bits per heavy atom. The molecule has 5 heteroatoms. The zero-order valence-electron chi connectivity index (χ0n) is 9.31. The molecule has 0 amide bonds. The van der Waals surface area contributed by atoms with Crippen molar-refractivity contribution >= 4 is 5.97 Å². The van der Waals surface area contributed by atoms with Gasteiger partial charge in [0.2, 0.25) is 0 Å². The van der Waals surface area contributed by atoms with Crippen LogP contribution in [-0.2, 0) is 4.79 Å². The lowest BCUT2D eigenvalue weighted by molar-refractivity contribution is -0.157. The fraction of sp³-hybridized carbons (Fsp3) is 0.909. The van der Waals surface area contributed by atoms with Crippen LogP contribution in [0.2, 0.25) is 0 Å². The van der Waals surface area contributed by atoms with E-state index in [1.807, 2.05) is 6.92 Å². The van der Waals surface area contributed by atoms with Gasteiger partial charge in [0.15, 0.2) is 0 Å². The third kappa shape index (κ3) is 3.12. The molecule has 1 rings (SSSR count). The molecule has 0 saturated heterocycles. The monoisotopic (exact) mass is 238 g/mol. The Kier molecular flexibility index (Phi) is 3.86. The third-order valence-electron chi connectivity index (χ3n) is 3.63. The first-order valence-electron chi connectivity index (χ1n) is 5.59. The zero-order valence-corrected chi connectivity index (χ0v) is 9.31. The Morgan fingerprint density at radius 2 is 2.12 bits per heavy atom. The molecule has 1 aliphatic rings. The van der Waals surface area contributed by atoms with E-state index in [9.17, 15) is 18.0 Å². The zero-order chi connectivity index (χ0) is 12.4. The highest BCUT2D eigenvalue weighted by atomic mass is 19.4. The smallest absolute Gasteiger partial charge is 0.389 e. The van der Waals surface area contributed by atoms with Gasteiger partial charge in [-0.2, -0.15) is 13.2 Å². The molecule has 0 heterocycles. The number of carbonyl (C=O) groups is 1. The van der Waals surface area contributed by atoms with Crippen molar-refractivity contribution in [3.05, 3.63) is 0 Å². The fourth-order valence-corrected chi connectivity index (χ4v) is 2.49. The van der Waals surface area contributed by atoms with E-state index in [4.69, 9.17) is 5.11 Å². The molecule has 0 aliphatic heterocycles. The molecule has 0 spiro atoms. The largest absolute Gasteiger partial charge is 0.481 e. The molecule has 94 valence electrons. The maximum absolute atomic E-state index is 12.1. The maximum atomic E-state index is 12.1. The van der Waals surface area contributed by atoms with Crippen LogP contribution in [0.5, 0.6) is 0 Å². The van der Waals surface area contributed by atoms with Crippen molar-refractivity contribution in [1.29, 1.82) is 0 Å². The molecule has 2 unspecified atom stereocenters. The number of hydrogen-bond donors (Lipinski definition) is 1. The number of carboxylic acid groups (broad SMARTS) is 1. The summed E-state index contributed by atoms with van der Waals surface area (Å²) >= 11 is 0. The van der Waals surface area contributed by atoms with Crippen LogP contribution in [-0.4, -0.2) is 17.3 Å². The van der Waals surface area contributed by atoms with E-state index in [1.54, 1.807) is 0 Å². The van der Waals surface area contributed by atoms with Gasteiger partial charge >= 0.3 is 12.1 Å². The van der Waals surface area contributed by atoms with E-state index in [0.29, 0.717) is 12.8 Å². The summed E-state index contributed by atoms with van der Waals surface area (Å²) in [6.45, 7) is 1.95. The normalized spacial score (nSPS) is 30.6. The van der Waals surface area contributed by atoms with Crippen molar-refractivity contribution in [2.75, 3.05) is 0 Å². The fourth-order valence-electron chi connectivity index (χ4n) is 2.49. The Morgan fingerprint density at radius 3 is 2.50 bits per heavy atom. The second-order valence-corrected chi connectivity index (χ2v) is 4.72. The molecule has 1 fully saturated rings. The van der Waals surface area contributed by atoms with Gasteiger partial charge in [-0.25, -0.2) is 0 Å². The van der Waals surface area contributed by atoms with Crippen molar-refractivity contribution < 1.29 is 23.1 Å². The van der Waals surface area contributed by atoms with Crippen LogP contribution in [0.15, 0.2) is 0 Å². The number of hydrogen-bond acceptors (Lipinski definition) is 1. The van der Waals surface area contributed by atoms with Gasteiger partial charge in [-0.05, 0) is 31.6 Å². The minimum absolute atomic E-state index is 0.268. The SMILES string of the molecule is CCC1CCC(CCC(F)(F)F)(C(=O)O)C1. The minimum atomic E-state index is -4.26. The summed E-state index contributed by atoms with van der Waals surface area (Å²) in [6.07, 6.45) is -3.15. The number of alkyl halides is 3. The van der Waals surface area contributed by atoms with Crippen molar-refractivity contribution in [2.45, 2.75) is 51.6 Å². The molecule has 1 aliphatic carbocycles. The van der Waals surface area contributed by atoms with Crippen LogP contribution in [0, 0.1) is 11.3 Å². The first-order valence-corrected chi connectivity index (χ1v) is 5.59. The highest BCUT2D eigenvalue weighted by Gasteiger charge is 2.46. The van der Waals surface area contributed by atoms with E-state index in [-0.39, 0.29) is 12.3 Å². The lowest BCUT2D eigenvalue weighted by Crippen LogP contribution is -2.30. The summed E-state index contributed by atoms with van der Waals surface area (Å²) in [4.78, 5) is 11.1. The van der Waals surface area contributed by atoms with E-state index < -0.39 is 24.0 Å². The van der Waals surface area contributed by atoms with Crippen LogP contribution in [0.25, 0.3) is 0 Å². The van der Waals surface area contributed by atoms with Crippen molar-refractivity contribution in [3.8, 4) is 0 Å². The van der Waals surface area contributed by atoms with Crippen LogP contribution >= 0.6 is 0 Å². The van der Waals surface area contributed by atoms with Gasteiger partial charge in [-0.1, -0.05) is 13.3 Å². The molecule has 1 saturated carbocycles. The van der Waals surface area contributed by atoms with Gasteiger partial charge in [0, 0.05) is 6.42 Å². The van der Waals surface area contributed by atoms with Crippen molar-refractivity contribution in [2.24, 2.45) is 11.3 Å². The quantitative estimate of drug-likeness (QED) is 0.812. The van der Waals surface area contributed by atoms with Gasteiger partial charge in [0.1, 0.15) is 0 Å². The number of rotatable bonds is 4. The van der Waals surface area contributed by atoms with Gasteiger partial charge in [-0.3, -0.25) is 4.79 Å². The summed E-state index contributed by atoms with van der Waals surface area (Å²) < 4.78 is 36.4. The van der Waals surface area contributed by atoms with E-state index in [2.05, 4.69) is 0 Å².